The first-order valence-corrected chi connectivity index (χ1v) is 9.23. The number of likely N-dealkylation sites (tertiary alicyclic amines) is 1. The van der Waals surface area contributed by atoms with Gasteiger partial charge in [-0.1, -0.05) is 19.9 Å². The second kappa shape index (κ2) is 7.93. The quantitative estimate of drug-likeness (QED) is 0.837. The average molecular weight is 338 g/mol. The molecular weight excluding hydrogens is 312 g/mol. The Labute approximate surface area is 141 Å². The maximum absolute atomic E-state index is 12.6. The van der Waals surface area contributed by atoms with E-state index >= 15 is 0 Å². The minimum absolute atomic E-state index is 0.0684. The normalized spacial score (nSPS) is 18.7. The minimum atomic E-state index is -0.868. The van der Waals surface area contributed by atoms with E-state index in [1.807, 2.05) is 25.3 Å². The van der Waals surface area contributed by atoms with Gasteiger partial charge in [0, 0.05) is 13.1 Å². The molecule has 2 N–H and O–H groups in total. The maximum atomic E-state index is 12.6. The summed E-state index contributed by atoms with van der Waals surface area (Å²) in [4.78, 5) is 27.5. The van der Waals surface area contributed by atoms with E-state index in [4.69, 9.17) is 0 Å². The van der Waals surface area contributed by atoms with E-state index in [0.717, 1.165) is 12.8 Å². The summed E-state index contributed by atoms with van der Waals surface area (Å²) in [5, 5.41) is 15.0. The summed E-state index contributed by atoms with van der Waals surface area (Å²) in [6.45, 7) is 4.66. The molecule has 1 aromatic rings. The summed E-state index contributed by atoms with van der Waals surface area (Å²) >= 11 is 1.40. The third-order valence-corrected chi connectivity index (χ3v) is 5.56. The summed E-state index contributed by atoms with van der Waals surface area (Å²) in [7, 11) is 0. The number of nitrogens with one attached hydrogen (secondary N) is 1. The van der Waals surface area contributed by atoms with Crippen LogP contribution in [0.2, 0.25) is 0 Å². The monoisotopic (exact) mass is 338 g/mol. The SMILES string of the molecule is CCC(O)(CC)CNC(=O)C1CCCCN1C(=O)c1cccs1. The van der Waals surface area contributed by atoms with Crippen LogP contribution in [0.4, 0.5) is 0 Å². The van der Waals surface area contributed by atoms with Crippen LogP contribution in [-0.2, 0) is 4.79 Å². The largest absolute Gasteiger partial charge is 0.388 e. The molecular formula is C17H26N2O3S. The summed E-state index contributed by atoms with van der Waals surface area (Å²) < 4.78 is 0. The van der Waals surface area contributed by atoms with Gasteiger partial charge in [0.2, 0.25) is 5.91 Å². The number of rotatable bonds is 6. The highest BCUT2D eigenvalue weighted by Crippen LogP contribution is 2.22. The Balaban J connectivity index is 2.03. The molecule has 2 heterocycles. The molecule has 0 saturated carbocycles. The van der Waals surface area contributed by atoms with Crippen molar-refractivity contribution >= 4 is 23.2 Å². The Hall–Kier alpha value is -1.40. The first-order valence-electron chi connectivity index (χ1n) is 8.35. The van der Waals surface area contributed by atoms with Crippen LogP contribution in [0.3, 0.4) is 0 Å². The van der Waals surface area contributed by atoms with Gasteiger partial charge in [-0.25, -0.2) is 0 Å². The zero-order valence-electron chi connectivity index (χ0n) is 13.9. The molecule has 1 unspecified atom stereocenters. The molecule has 2 rings (SSSR count). The predicted octanol–water partition coefficient (Wildman–Crippen LogP) is 2.41. The molecule has 1 saturated heterocycles. The maximum Gasteiger partial charge on any atom is 0.264 e. The van der Waals surface area contributed by atoms with Crippen LogP contribution in [0.5, 0.6) is 0 Å². The molecule has 128 valence electrons. The standard InChI is InChI=1S/C17H26N2O3S/c1-3-17(22,4-2)12-18-15(20)13-8-5-6-10-19(13)16(21)14-9-7-11-23-14/h7,9,11,13,22H,3-6,8,10,12H2,1-2H3,(H,18,20). The fourth-order valence-corrected chi connectivity index (χ4v) is 3.54. The van der Waals surface area contributed by atoms with Crippen LogP contribution in [-0.4, -0.2) is 46.6 Å². The van der Waals surface area contributed by atoms with E-state index in [-0.39, 0.29) is 18.4 Å². The third-order valence-electron chi connectivity index (χ3n) is 4.71. The van der Waals surface area contributed by atoms with E-state index in [1.165, 1.54) is 11.3 Å². The molecule has 0 bridgehead atoms. The van der Waals surface area contributed by atoms with Gasteiger partial charge in [-0.15, -0.1) is 11.3 Å². The second-order valence-electron chi connectivity index (χ2n) is 6.14. The lowest BCUT2D eigenvalue weighted by Gasteiger charge is -2.35. The van der Waals surface area contributed by atoms with Crippen LogP contribution in [0.25, 0.3) is 0 Å². The van der Waals surface area contributed by atoms with Crippen LogP contribution < -0.4 is 5.32 Å². The fourth-order valence-electron chi connectivity index (χ4n) is 2.86. The fraction of sp³-hybridized carbons (Fsp3) is 0.647. The lowest BCUT2D eigenvalue weighted by atomic mass is 9.96. The van der Waals surface area contributed by atoms with Gasteiger partial charge in [0.1, 0.15) is 6.04 Å². The molecule has 1 fully saturated rings. The van der Waals surface area contributed by atoms with Crippen molar-refractivity contribution in [3.05, 3.63) is 22.4 Å². The van der Waals surface area contributed by atoms with Gasteiger partial charge in [0.15, 0.2) is 0 Å². The molecule has 0 aromatic carbocycles. The Bertz CT molecular complexity index is 526. The predicted molar refractivity (Wildman–Crippen MR) is 91.5 cm³/mol. The van der Waals surface area contributed by atoms with E-state index < -0.39 is 11.6 Å². The average Bonchev–Trinajstić information content (AvgIpc) is 3.13. The highest BCUT2D eigenvalue weighted by molar-refractivity contribution is 7.12. The van der Waals surface area contributed by atoms with Gasteiger partial charge in [0.05, 0.1) is 10.5 Å². The lowest BCUT2D eigenvalue weighted by molar-refractivity contribution is -0.128. The van der Waals surface area contributed by atoms with Gasteiger partial charge < -0.3 is 15.3 Å². The van der Waals surface area contributed by atoms with Crippen molar-refractivity contribution < 1.29 is 14.7 Å². The smallest absolute Gasteiger partial charge is 0.264 e. The molecule has 1 aromatic heterocycles. The van der Waals surface area contributed by atoms with Crippen LogP contribution in [0.1, 0.15) is 55.6 Å². The summed E-state index contributed by atoms with van der Waals surface area (Å²) in [5.74, 6) is -0.226. The Morgan fingerprint density at radius 1 is 1.39 bits per heavy atom. The number of carbonyl (C=O) groups excluding carboxylic acids is 2. The minimum Gasteiger partial charge on any atom is -0.388 e. The molecule has 0 radical (unpaired) electrons. The van der Waals surface area contributed by atoms with Crippen molar-refractivity contribution in [2.75, 3.05) is 13.1 Å². The molecule has 1 aliphatic heterocycles. The van der Waals surface area contributed by atoms with Crippen molar-refractivity contribution in [3.63, 3.8) is 0 Å². The molecule has 23 heavy (non-hydrogen) atoms. The van der Waals surface area contributed by atoms with Crippen molar-refractivity contribution in [2.24, 2.45) is 0 Å². The first-order chi connectivity index (χ1) is 11.0. The van der Waals surface area contributed by atoms with Gasteiger partial charge in [-0.05, 0) is 43.6 Å². The molecule has 0 aliphatic carbocycles. The molecule has 1 atom stereocenters. The second-order valence-corrected chi connectivity index (χ2v) is 7.08. The first kappa shape index (κ1) is 17.9. The summed E-state index contributed by atoms with van der Waals surface area (Å²) in [5.41, 5.74) is -0.868. The van der Waals surface area contributed by atoms with Crippen LogP contribution in [0.15, 0.2) is 17.5 Å². The molecule has 0 spiro atoms. The van der Waals surface area contributed by atoms with E-state index in [2.05, 4.69) is 5.32 Å². The van der Waals surface area contributed by atoms with Gasteiger partial charge in [0.25, 0.3) is 5.91 Å². The number of thiophene rings is 1. The Kier molecular flexibility index (Phi) is 6.18. The number of amides is 2. The zero-order valence-corrected chi connectivity index (χ0v) is 14.7. The van der Waals surface area contributed by atoms with Gasteiger partial charge >= 0.3 is 0 Å². The summed E-state index contributed by atoms with van der Waals surface area (Å²) in [6.07, 6.45) is 3.73. The van der Waals surface area contributed by atoms with Crippen LogP contribution >= 0.6 is 11.3 Å². The number of hydrogen-bond donors (Lipinski definition) is 2. The van der Waals surface area contributed by atoms with Crippen molar-refractivity contribution in [1.29, 1.82) is 0 Å². The topological polar surface area (TPSA) is 69.6 Å². The van der Waals surface area contributed by atoms with E-state index in [9.17, 15) is 14.7 Å². The third kappa shape index (κ3) is 4.32. The highest BCUT2D eigenvalue weighted by Gasteiger charge is 2.34. The van der Waals surface area contributed by atoms with Gasteiger partial charge in [-0.3, -0.25) is 9.59 Å². The van der Waals surface area contributed by atoms with E-state index in [1.54, 1.807) is 11.0 Å². The Morgan fingerprint density at radius 2 is 2.13 bits per heavy atom. The van der Waals surface area contributed by atoms with Crippen molar-refractivity contribution in [1.82, 2.24) is 10.2 Å². The number of carbonyl (C=O) groups is 2. The van der Waals surface area contributed by atoms with E-state index in [0.29, 0.717) is 30.7 Å². The number of aliphatic hydroxyl groups is 1. The lowest BCUT2D eigenvalue weighted by Crippen LogP contribution is -2.54. The number of nitrogens with zero attached hydrogens (tertiary/aromatic N) is 1. The molecule has 1 aliphatic rings. The highest BCUT2D eigenvalue weighted by atomic mass is 32.1. The number of hydrogen-bond acceptors (Lipinski definition) is 4. The number of piperidine rings is 1. The van der Waals surface area contributed by atoms with Crippen molar-refractivity contribution in [3.8, 4) is 0 Å². The Morgan fingerprint density at radius 3 is 2.74 bits per heavy atom. The van der Waals surface area contributed by atoms with Gasteiger partial charge in [-0.2, -0.15) is 0 Å². The summed E-state index contributed by atoms with van der Waals surface area (Å²) in [6, 6.07) is 3.21. The molecule has 6 heteroatoms. The molecule has 2 amide bonds. The van der Waals surface area contributed by atoms with Crippen LogP contribution in [0, 0.1) is 0 Å². The van der Waals surface area contributed by atoms with Crippen molar-refractivity contribution in [2.45, 2.75) is 57.6 Å². The zero-order chi connectivity index (χ0) is 16.9. The molecule has 5 nitrogen and oxygen atoms in total.